The van der Waals surface area contributed by atoms with Crippen molar-refractivity contribution in [3.8, 4) is 11.5 Å². The van der Waals surface area contributed by atoms with Crippen molar-refractivity contribution >= 4 is 11.6 Å². The molecule has 2 aromatic rings. The summed E-state index contributed by atoms with van der Waals surface area (Å²) < 4.78 is 16.5. The van der Waals surface area contributed by atoms with Crippen LogP contribution in [0.1, 0.15) is 10.4 Å². The minimum atomic E-state index is -0.0183. The molecule has 1 unspecified atom stereocenters. The van der Waals surface area contributed by atoms with E-state index in [1.54, 1.807) is 4.90 Å². The van der Waals surface area contributed by atoms with Gasteiger partial charge in [0.25, 0.3) is 5.91 Å². The lowest BCUT2D eigenvalue weighted by molar-refractivity contribution is 0.0976. The number of benzene rings is 2. The first-order valence-electron chi connectivity index (χ1n) is 7.69. The zero-order chi connectivity index (χ0) is 15.6. The van der Waals surface area contributed by atoms with E-state index in [9.17, 15) is 4.79 Å². The third-order valence-corrected chi connectivity index (χ3v) is 3.90. The Labute approximate surface area is 134 Å². The zero-order valence-corrected chi connectivity index (χ0v) is 12.6. The van der Waals surface area contributed by atoms with E-state index in [1.165, 1.54) is 0 Å². The lowest BCUT2D eigenvalue weighted by atomic mass is 10.1. The van der Waals surface area contributed by atoms with Gasteiger partial charge in [-0.05, 0) is 24.3 Å². The average Bonchev–Trinajstić information content (AvgIpc) is 3.44. The molecule has 0 radical (unpaired) electrons. The van der Waals surface area contributed by atoms with E-state index >= 15 is 0 Å². The number of nitrogens with zero attached hydrogens (tertiary/aromatic N) is 1. The summed E-state index contributed by atoms with van der Waals surface area (Å²) in [5.41, 5.74) is 1.45. The van der Waals surface area contributed by atoms with E-state index in [0.29, 0.717) is 31.1 Å². The topological polar surface area (TPSA) is 51.3 Å². The summed E-state index contributed by atoms with van der Waals surface area (Å²) in [6, 6.07) is 14.9. The van der Waals surface area contributed by atoms with Crippen LogP contribution in [0, 0.1) is 0 Å². The van der Waals surface area contributed by atoms with Gasteiger partial charge >= 0.3 is 0 Å². The molecule has 0 N–H and O–H groups in total. The van der Waals surface area contributed by atoms with E-state index < -0.39 is 0 Å². The molecule has 4 rings (SSSR count). The lowest BCUT2D eigenvalue weighted by Crippen LogP contribution is -2.37. The van der Waals surface area contributed by atoms with E-state index in [4.69, 9.17) is 14.2 Å². The number of carbonyl (C=O) groups excluding carboxylic acids is 1. The van der Waals surface area contributed by atoms with E-state index in [2.05, 4.69) is 0 Å². The summed E-state index contributed by atoms with van der Waals surface area (Å²) in [5, 5.41) is 0. The molecule has 0 bridgehead atoms. The molecule has 0 spiro atoms. The highest BCUT2D eigenvalue weighted by atomic mass is 16.6. The van der Waals surface area contributed by atoms with Gasteiger partial charge in [-0.25, -0.2) is 0 Å². The number of rotatable bonds is 4. The monoisotopic (exact) mass is 311 g/mol. The first kappa shape index (κ1) is 14.1. The average molecular weight is 311 g/mol. The predicted octanol–water partition coefficient (Wildman–Crippen LogP) is 2.50. The van der Waals surface area contributed by atoms with Gasteiger partial charge in [0.15, 0.2) is 0 Å². The Hall–Kier alpha value is -2.53. The van der Waals surface area contributed by atoms with Crippen molar-refractivity contribution in [2.24, 2.45) is 0 Å². The van der Waals surface area contributed by atoms with Crippen molar-refractivity contribution in [3.63, 3.8) is 0 Å². The fourth-order valence-corrected chi connectivity index (χ4v) is 2.59. The number of fused-ring (bicyclic) bond motifs is 1. The van der Waals surface area contributed by atoms with Crippen molar-refractivity contribution in [2.45, 2.75) is 6.10 Å². The number of carbonyl (C=O) groups is 1. The Kier molecular flexibility index (Phi) is 3.63. The van der Waals surface area contributed by atoms with E-state index in [1.807, 2.05) is 48.5 Å². The second-order valence-corrected chi connectivity index (χ2v) is 5.57. The Morgan fingerprint density at radius 3 is 2.83 bits per heavy atom. The molecule has 2 aromatic carbocycles. The molecule has 2 aliphatic rings. The maximum absolute atomic E-state index is 12.7. The molecular weight excluding hydrogens is 294 g/mol. The second-order valence-electron chi connectivity index (χ2n) is 5.57. The SMILES string of the molecule is O=C(c1ccccc1)N1CCOc2cc(OCC3CO3)ccc21. The van der Waals surface area contributed by atoms with Gasteiger partial charge in [-0.3, -0.25) is 4.79 Å². The number of anilines is 1. The van der Waals surface area contributed by atoms with Crippen molar-refractivity contribution in [3.05, 3.63) is 54.1 Å². The molecule has 0 aliphatic carbocycles. The molecule has 1 fully saturated rings. The van der Waals surface area contributed by atoms with Crippen LogP contribution in [0.3, 0.4) is 0 Å². The van der Waals surface area contributed by atoms with Gasteiger partial charge in [-0.2, -0.15) is 0 Å². The molecule has 1 saturated heterocycles. The first-order chi connectivity index (χ1) is 11.3. The summed E-state index contributed by atoms with van der Waals surface area (Å²) >= 11 is 0. The van der Waals surface area contributed by atoms with Gasteiger partial charge in [0.2, 0.25) is 0 Å². The Bertz CT molecular complexity index is 712. The largest absolute Gasteiger partial charge is 0.491 e. The fraction of sp³-hybridized carbons (Fsp3) is 0.278. The molecule has 118 valence electrons. The van der Waals surface area contributed by atoms with Crippen LogP contribution in [0.2, 0.25) is 0 Å². The van der Waals surface area contributed by atoms with Crippen molar-refractivity contribution in [2.75, 3.05) is 31.3 Å². The van der Waals surface area contributed by atoms with Gasteiger partial charge in [0, 0.05) is 11.6 Å². The van der Waals surface area contributed by atoms with Gasteiger partial charge in [-0.1, -0.05) is 18.2 Å². The highest BCUT2D eigenvalue weighted by molar-refractivity contribution is 6.07. The summed E-state index contributed by atoms with van der Waals surface area (Å²) in [6.45, 7) is 2.32. The molecule has 0 aromatic heterocycles. The van der Waals surface area contributed by atoms with Crippen molar-refractivity contribution < 1.29 is 19.0 Å². The quantitative estimate of drug-likeness (QED) is 0.814. The molecule has 23 heavy (non-hydrogen) atoms. The van der Waals surface area contributed by atoms with Crippen LogP contribution in [-0.2, 0) is 4.74 Å². The molecule has 2 aliphatic heterocycles. The van der Waals surface area contributed by atoms with Crippen molar-refractivity contribution in [1.82, 2.24) is 0 Å². The number of hydrogen-bond acceptors (Lipinski definition) is 4. The summed E-state index contributed by atoms with van der Waals surface area (Å²) in [6.07, 6.45) is 0.211. The molecule has 2 heterocycles. The second kappa shape index (κ2) is 5.93. The van der Waals surface area contributed by atoms with Gasteiger partial charge in [0.05, 0.1) is 18.8 Å². The minimum absolute atomic E-state index is 0.0183. The summed E-state index contributed by atoms with van der Waals surface area (Å²) in [7, 11) is 0. The molecule has 1 amide bonds. The molecule has 1 atom stereocenters. The maximum atomic E-state index is 12.7. The van der Waals surface area contributed by atoms with Crippen molar-refractivity contribution in [1.29, 1.82) is 0 Å². The van der Waals surface area contributed by atoms with Gasteiger partial charge in [-0.15, -0.1) is 0 Å². The van der Waals surface area contributed by atoms with Crippen LogP contribution in [-0.4, -0.2) is 38.4 Å². The Morgan fingerprint density at radius 1 is 1.22 bits per heavy atom. The van der Waals surface area contributed by atoms with Crippen LogP contribution < -0.4 is 14.4 Å². The lowest BCUT2D eigenvalue weighted by Gasteiger charge is -2.30. The summed E-state index contributed by atoms with van der Waals surface area (Å²) in [4.78, 5) is 14.4. The predicted molar refractivity (Wildman–Crippen MR) is 85.3 cm³/mol. The zero-order valence-electron chi connectivity index (χ0n) is 12.6. The Balaban J connectivity index is 1.56. The third kappa shape index (κ3) is 3.00. The Morgan fingerprint density at radius 2 is 2.04 bits per heavy atom. The van der Waals surface area contributed by atoms with Gasteiger partial charge < -0.3 is 19.1 Å². The van der Waals surface area contributed by atoms with E-state index in [0.717, 1.165) is 18.0 Å². The highest BCUT2D eigenvalue weighted by Gasteiger charge is 2.26. The highest BCUT2D eigenvalue weighted by Crippen LogP contribution is 2.35. The number of amides is 1. The molecule has 0 saturated carbocycles. The minimum Gasteiger partial charge on any atom is -0.491 e. The van der Waals surface area contributed by atoms with E-state index in [-0.39, 0.29) is 12.0 Å². The molecule has 5 nitrogen and oxygen atoms in total. The smallest absolute Gasteiger partial charge is 0.258 e. The van der Waals surface area contributed by atoms with Gasteiger partial charge in [0.1, 0.15) is 30.8 Å². The van der Waals surface area contributed by atoms with Crippen LogP contribution in [0.25, 0.3) is 0 Å². The fourth-order valence-electron chi connectivity index (χ4n) is 2.59. The van der Waals surface area contributed by atoms with Crippen LogP contribution in [0.5, 0.6) is 11.5 Å². The standard InChI is InChI=1S/C18H17NO4/c20-18(13-4-2-1-3-5-13)19-8-9-21-17-10-14(6-7-16(17)19)22-11-15-12-23-15/h1-7,10,15H,8-9,11-12H2. The number of hydrogen-bond donors (Lipinski definition) is 0. The maximum Gasteiger partial charge on any atom is 0.258 e. The van der Waals surface area contributed by atoms with Crippen LogP contribution in [0.15, 0.2) is 48.5 Å². The van der Waals surface area contributed by atoms with Crippen LogP contribution >= 0.6 is 0 Å². The normalized spacial score (nSPS) is 18.8. The molecular formula is C18H17NO4. The molecule has 5 heteroatoms. The number of epoxide rings is 1. The van der Waals surface area contributed by atoms with Crippen LogP contribution in [0.4, 0.5) is 5.69 Å². The third-order valence-electron chi connectivity index (χ3n) is 3.90. The number of ether oxygens (including phenoxy) is 3. The summed E-state index contributed by atoms with van der Waals surface area (Å²) in [5.74, 6) is 1.39. The first-order valence-corrected chi connectivity index (χ1v) is 7.69.